The Balaban J connectivity index is 2.97. The number of carbonyl (C=O) groups is 1. The predicted octanol–water partition coefficient (Wildman–Crippen LogP) is 0.490. The van der Waals surface area contributed by atoms with Gasteiger partial charge in [-0.15, -0.1) is 0 Å². The molecular weight excluding hydrogens is 278 g/mol. The molecule has 0 saturated carbocycles. The van der Waals surface area contributed by atoms with E-state index in [1.165, 1.54) is 24.1 Å². The lowest BCUT2D eigenvalue weighted by Gasteiger charge is -2.18. The van der Waals surface area contributed by atoms with E-state index in [-0.39, 0.29) is 15.8 Å². The summed E-state index contributed by atoms with van der Waals surface area (Å²) in [5.41, 5.74) is 0. The number of pyridine rings is 1. The minimum absolute atomic E-state index is 0.0574. The van der Waals surface area contributed by atoms with Crippen molar-refractivity contribution in [1.82, 2.24) is 14.6 Å². The fourth-order valence-electron chi connectivity index (χ4n) is 1.29. The molecule has 18 heavy (non-hydrogen) atoms. The summed E-state index contributed by atoms with van der Waals surface area (Å²) in [7, 11) is -0.769. The minimum atomic E-state index is -3.86. The van der Waals surface area contributed by atoms with E-state index in [0.717, 1.165) is 6.20 Å². The van der Waals surface area contributed by atoms with Crippen molar-refractivity contribution < 1.29 is 13.2 Å². The van der Waals surface area contributed by atoms with Crippen LogP contribution in [-0.2, 0) is 14.8 Å². The summed E-state index contributed by atoms with van der Waals surface area (Å²) in [4.78, 5) is 16.4. The van der Waals surface area contributed by atoms with E-state index in [1.807, 2.05) is 0 Å². The van der Waals surface area contributed by atoms with E-state index in [2.05, 4.69) is 9.71 Å². The van der Waals surface area contributed by atoms with Crippen LogP contribution in [-0.4, -0.2) is 44.3 Å². The molecule has 1 rings (SSSR count). The first kappa shape index (κ1) is 14.9. The van der Waals surface area contributed by atoms with Crippen LogP contribution in [0, 0.1) is 0 Å². The molecule has 0 aromatic carbocycles. The topological polar surface area (TPSA) is 79.4 Å². The first-order valence-electron chi connectivity index (χ1n) is 5.08. The van der Waals surface area contributed by atoms with Gasteiger partial charge in [0.15, 0.2) is 0 Å². The fourth-order valence-corrected chi connectivity index (χ4v) is 2.92. The van der Waals surface area contributed by atoms with E-state index < -0.39 is 16.1 Å². The maximum Gasteiger partial charge on any atom is 0.244 e. The number of likely N-dealkylation sites (N-methyl/N-ethyl adjacent to an activating group) is 1. The summed E-state index contributed by atoms with van der Waals surface area (Å²) in [5.74, 6) is -0.349. The molecule has 0 aliphatic carbocycles. The lowest BCUT2D eigenvalue weighted by Crippen LogP contribution is -2.44. The van der Waals surface area contributed by atoms with Crippen molar-refractivity contribution in [3.63, 3.8) is 0 Å². The number of rotatable bonds is 4. The first-order chi connectivity index (χ1) is 8.25. The molecule has 1 heterocycles. The lowest BCUT2D eigenvalue weighted by atomic mass is 10.3. The highest BCUT2D eigenvalue weighted by Gasteiger charge is 2.24. The number of carbonyl (C=O) groups excluding carboxylic acids is 1. The molecule has 0 radical (unpaired) electrons. The Morgan fingerprint density at radius 3 is 2.61 bits per heavy atom. The third kappa shape index (κ3) is 3.41. The van der Waals surface area contributed by atoms with E-state index >= 15 is 0 Å². The smallest absolute Gasteiger partial charge is 0.244 e. The molecule has 100 valence electrons. The molecule has 6 nitrogen and oxygen atoms in total. The lowest BCUT2D eigenvalue weighted by molar-refractivity contribution is -0.130. The van der Waals surface area contributed by atoms with Crippen molar-refractivity contribution in [1.29, 1.82) is 0 Å². The van der Waals surface area contributed by atoms with Gasteiger partial charge in [-0.2, -0.15) is 4.72 Å². The van der Waals surface area contributed by atoms with Crippen molar-refractivity contribution >= 4 is 27.5 Å². The predicted molar refractivity (Wildman–Crippen MR) is 67.7 cm³/mol. The second kappa shape index (κ2) is 5.64. The molecule has 8 heteroatoms. The van der Waals surface area contributed by atoms with Gasteiger partial charge in [-0.3, -0.25) is 9.78 Å². The Hall–Kier alpha value is -1.18. The Morgan fingerprint density at radius 1 is 1.50 bits per heavy atom. The van der Waals surface area contributed by atoms with Crippen LogP contribution in [0.2, 0.25) is 5.02 Å². The molecule has 1 atom stereocenters. The Bertz CT molecular complexity index is 545. The maximum absolute atomic E-state index is 12.0. The number of amides is 1. The average Bonchev–Trinajstić information content (AvgIpc) is 2.27. The molecule has 1 N–H and O–H groups in total. The zero-order valence-electron chi connectivity index (χ0n) is 10.2. The van der Waals surface area contributed by atoms with Gasteiger partial charge in [0.25, 0.3) is 0 Å². The number of hydrogen-bond donors (Lipinski definition) is 1. The first-order valence-corrected chi connectivity index (χ1v) is 6.95. The van der Waals surface area contributed by atoms with Gasteiger partial charge in [0.1, 0.15) is 4.90 Å². The molecule has 1 amide bonds. The molecule has 0 bridgehead atoms. The van der Waals surface area contributed by atoms with Crippen molar-refractivity contribution in [3.05, 3.63) is 23.5 Å². The molecular formula is C10H14ClN3O3S. The van der Waals surface area contributed by atoms with Gasteiger partial charge < -0.3 is 4.90 Å². The monoisotopic (exact) mass is 291 g/mol. The zero-order valence-corrected chi connectivity index (χ0v) is 11.8. The molecule has 1 unspecified atom stereocenters. The Labute approximate surface area is 111 Å². The highest BCUT2D eigenvalue weighted by atomic mass is 35.5. The van der Waals surface area contributed by atoms with Gasteiger partial charge in [-0.25, -0.2) is 8.42 Å². The number of sulfonamides is 1. The third-order valence-electron chi connectivity index (χ3n) is 2.17. The van der Waals surface area contributed by atoms with Crippen molar-refractivity contribution in [2.45, 2.75) is 17.9 Å². The maximum atomic E-state index is 12.0. The van der Waals surface area contributed by atoms with Gasteiger partial charge in [-0.1, -0.05) is 11.6 Å². The summed E-state index contributed by atoms with van der Waals surface area (Å²) in [6, 6.07) is 0.496. The van der Waals surface area contributed by atoms with E-state index in [9.17, 15) is 13.2 Å². The standard InChI is InChI=1S/C10H14ClN3O3S/c1-7(10(15)14(2)3)13-18(16,17)9-6-12-5-4-8(9)11/h4-7,13H,1-3H3. The van der Waals surface area contributed by atoms with Crippen LogP contribution in [0.3, 0.4) is 0 Å². The van der Waals surface area contributed by atoms with Crippen LogP contribution in [0.1, 0.15) is 6.92 Å². The van der Waals surface area contributed by atoms with Crippen LogP contribution < -0.4 is 4.72 Å². The van der Waals surface area contributed by atoms with Crippen LogP contribution in [0.15, 0.2) is 23.4 Å². The van der Waals surface area contributed by atoms with Gasteiger partial charge in [0.2, 0.25) is 15.9 Å². The SMILES string of the molecule is CC(NS(=O)(=O)c1cnccc1Cl)C(=O)N(C)C. The second-order valence-corrected chi connectivity index (χ2v) is 5.97. The normalized spacial score (nSPS) is 13.1. The third-order valence-corrected chi connectivity index (χ3v) is 4.18. The van der Waals surface area contributed by atoms with Crippen LogP contribution in [0.4, 0.5) is 0 Å². The number of halogens is 1. The molecule has 0 fully saturated rings. The Morgan fingerprint density at radius 2 is 2.11 bits per heavy atom. The Kier molecular flexibility index (Phi) is 4.66. The molecule has 1 aromatic heterocycles. The summed E-state index contributed by atoms with van der Waals surface area (Å²) in [6.07, 6.45) is 2.52. The number of nitrogens with one attached hydrogen (secondary N) is 1. The summed E-state index contributed by atoms with van der Waals surface area (Å²) in [6.45, 7) is 1.46. The molecule has 0 spiro atoms. The van der Waals surface area contributed by atoms with Gasteiger partial charge in [0, 0.05) is 26.5 Å². The highest BCUT2D eigenvalue weighted by molar-refractivity contribution is 7.89. The van der Waals surface area contributed by atoms with E-state index in [0.29, 0.717) is 0 Å². The summed E-state index contributed by atoms with van der Waals surface area (Å²) < 4.78 is 26.2. The van der Waals surface area contributed by atoms with Crippen molar-refractivity contribution in [3.8, 4) is 0 Å². The molecule has 0 saturated heterocycles. The van der Waals surface area contributed by atoms with Crippen molar-refractivity contribution in [2.75, 3.05) is 14.1 Å². The van der Waals surface area contributed by atoms with Crippen molar-refractivity contribution in [2.24, 2.45) is 0 Å². The van der Waals surface area contributed by atoms with Gasteiger partial charge in [-0.05, 0) is 13.0 Å². The minimum Gasteiger partial charge on any atom is -0.347 e. The van der Waals surface area contributed by atoms with E-state index in [4.69, 9.17) is 11.6 Å². The van der Waals surface area contributed by atoms with Crippen LogP contribution in [0.25, 0.3) is 0 Å². The fraction of sp³-hybridized carbons (Fsp3) is 0.400. The number of nitrogens with zero attached hydrogens (tertiary/aromatic N) is 2. The molecule has 0 aliphatic rings. The number of aromatic nitrogens is 1. The van der Waals surface area contributed by atoms with Gasteiger partial charge in [0.05, 0.1) is 11.1 Å². The highest BCUT2D eigenvalue weighted by Crippen LogP contribution is 2.19. The quantitative estimate of drug-likeness (QED) is 0.875. The van der Waals surface area contributed by atoms with Gasteiger partial charge >= 0.3 is 0 Å². The summed E-state index contributed by atoms with van der Waals surface area (Å²) >= 11 is 5.78. The molecule has 0 aliphatic heterocycles. The van der Waals surface area contributed by atoms with E-state index in [1.54, 1.807) is 14.1 Å². The number of hydrogen-bond acceptors (Lipinski definition) is 4. The molecule has 1 aromatic rings. The largest absolute Gasteiger partial charge is 0.347 e. The zero-order chi connectivity index (χ0) is 13.9. The van der Waals surface area contributed by atoms with Crippen LogP contribution in [0.5, 0.6) is 0 Å². The van der Waals surface area contributed by atoms with Crippen LogP contribution >= 0.6 is 11.6 Å². The average molecular weight is 292 g/mol. The summed E-state index contributed by atoms with van der Waals surface area (Å²) in [5, 5.41) is 0.0574. The second-order valence-electron chi connectivity index (χ2n) is 3.88.